The molecule has 0 aromatic carbocycles. The van der Waals surface area contributed by atoms with Gasteiger partial charge >= 0.3 is 0 Å². The summed E-state index contributed by atoms with van der Waals surface area (Å²) in [6.45, 7) is 4.16. The Labute approximate surface area is 144 Å². The van der Waals surface area contributed by atoms with Gasteiger partial charge < -0.3 is 0 Å². The Hall–Kier alpha value is 0.0300. The zero-order valence-corrected chi connectivity index (χ0v) is 16.2. The highest BCUT2D eigenvalue weighted by molar-refractivity contribution is 9.09. The molecule has 0 bridgehead atoms. The standard InChI is InChI=1S/C15H16Br2OS2/c1-9-3-5-19-14(9)11(7-16)13(18)12(8-17)15-10(2)4-6-20-15/h3-6,11-12H,7-8H2,1-2H3. The molecule has 5 heteroatoms. The van der Waals surface area contributed by atoms with Gasteiger partial charge in [0, 0.05) is 20.4 Å². The smallest absolute Gasteiger partial charge is 0.151 e. The zero-order valence-electron chi connectivity index (χ0n) is 11.4. The molecule has 0 aliphatic rings. The summed E-state index contributed by atoms with van der Waals surface area (Å²) in [7, 11) is 0. The fourth-order valence-electron chi connectivity index (χ4n) is 2.28. The van der Waals surface area contributed by atoms with Crippen molar-refractivity contribution in [3.05, 3.63) is 43.8 Å². The number of aryl methyl sites for hydroxylation is 2. The van der Waals surface area contributed by atoms with Crippen LogP contribution < -0.4 is 0 Å². The van der Waals surface area contributed by atoms with Crippen molar-refractivity contribution >= 4 is 60.3 Å². The topological polar surface area (TPSA) is 17.1 Å². The summed E-state index contributed by atoms with van der Waals surface area (Å²) in [5.74, 6) is 0.188. The number of Topliss-reactive ketones (excluding diaryl/α,β-unsaturated/α-hetero) is 1. The Bertz CT molecular complexity index is 538. The van der Waals surface area contributed by atoms with E-state index in [0.29, 0.717) is 16.4 Å². The molecule has 0 saturated heterocycles. The number of thiophene rings is 2. The third-order valence-electron chi connectivity index (χ3n) is 3.43. The average Bonchev–Trinajstić information content (AvgIpc) is 3.02. The lowest BCUT2D eigenvalue weighted by Gasteiger charge is -2.19. The summed E-state index contributed by atoms with van der Waals surface area (Å²) in [5, 5.41) is 5.49. The van der Waals surface area contributed by atoms with Crippen molar-refractivity contribution in [1.82, 2.24) is 0 Å². The highest BCUT2D eigenvalue weighted by Crippen LogP contribution is 2.36. The minimum Gasteiger partial charge on any atom is -0.298 e. The van der Waals surface area contributed by atoms with Crippen LogP contribution in [0.25, 0.3) is 0 Å². The first-order valence-electron chi connectivity index (χ1n) is 6.33. The molecule has 0 aliphatic carbocycles. The molecule has 108 valence electrons. The Morgan fingerprint density at radius 3 is 1.65 bits per heavy atom. The van der Waals surface area contributed by atoms with Crippen molar-refractivity contribution < 1.29 is 4.79 Å². The van der Waals surface area contributed by atoms with Gasteiger partial charge in [-0.2, -0.15) is 0 Å². The summed E-state index contributed by atoms with van der Waals surface area (Å²) < 4.78 is 0. The summed E-state index contributed by atoms with van der Waals surface area (Å²) >= 11 is 10.4. The lowest BCUT2D eigenvalue weighted by atomic mass is 9.90. The van der Waals surface area contributed by atoms with Crippen LogP contribution >= 0.6 is 54.5 Å². The molecule has 0 radical (unpaired) electrons. The second kappa shape index (κ2) is 7.34. The van der Waals surface area contributed by atoms with Crippen molar-refractivity contribution in [2.24, 2.45) is 0 Å². The molecule has 0 fully saturated rings. The molecular formula is C15H16Br2OS2. The third-order valence-corrected chi connectivity index (χ3v) is 6.99. The third kappa shape index (κ3) is 3.26. The monoisotopic (exact) mass is 434 g/mol. The molecule has 0 N–H and O–H groups in total. The van der Waals surface area contributed by atoms with Gasteiger partial charge in [-0.3, -0.25) is 4.79 Å². The van der Waals surface area contributed by atoms with E-state index in [0.717, 1.165) is 0 Å². The van der Waals surface area contributed by atoms with Crippen molar-refractivity contribution in [1.29, 1.82) is 0 Å². The van der Waals surface area contributed by atoms with E-state index in [4.69, 9.17) is 0 Å². The first-order valence-corrected chi connectivity index (χ1v) is 10.3. The van der Waals surface area contributed by atoms with Crippen molar-refractivity contribution in [3.63, 3.8) is 0 Å². The van der Waals surface area contributed by atoms with Crippen LogP contribution in [0.1, 0.15) is 32.7 Å². The SMILES string of the molecule is Cc1ccsc1C(CBr)C(=O)C(CBr)c1sccc1C. The molecule has 0 amide bonds. The van der Waals surface area contributed by atoms with Gasteiger partial charge in [0.25, 0.3) is 0 Å². The van der Waals surface area contributed by atoms with Crippen molar-refractivity contribution in [2.75, 3.05) is 10.7 Å². The maximum absolute atomic E-state index is 13.0. The number of alkyl halides is 2. The van der Waals surface area contributed by atoms with Crippen LogP contribution in [0.15, 0.2) is 22.9 Å². The molecule has 0 aliphatic heterocycles. The minimum absolute atomic E-state index is 0.0564. The molecule has 2 aromatic heterocycles. The number of carbonyl (C=O) groups is 1. The van der Waals surface area contributed by atoms with E-state index in [-0.39, 0.29) is 11.8 Å². The summed E-state index contributed by atoms with van der Waals surface area (Å²) in [6, 6.07) is 4.17. The van der Waals surface area contributed by atoms with Crippen LogP contribution in [0.3, 0.4) is 0 Å². The maximum Gasteiger partial charge on any atom is 0.151 e. The van der Waals surface area contributed by atoms with Gasteiger partial charge in [0.2, 0.25) is 0 Å². The van der Waals surface area contributed by atoms with Gasteiger partial charge in [0.05, 0.1) is 11.8 Å². The fraction of sp³-hybridized carbons (Fsp3) is 0.400. The molecule has 2 rings (SSSR count). The van der Waals surface area contributed by atoms with E-state index in [9.17, 15) is 4.79 Å². The van der Waals surface area contributed by atoms with Crippen molar-refractivity contribution in [2.45, 2.75) is 25.7 Å². The lowest BCUT2D eigenvalue weighted by Crippen LogP contribution is -2.22. The first-order chi connectivity index (χ1) is 9.60. The summed E-state index contributed by atoms with van der Waals surface area (Å²) in [4.78, 5) is 15.3. The van der Waals surface area contributed by atoms with Crippen LogP contribution in [-0.4, -0.2) is 16.4 Å². The fourth-order valence-corrected chi connectivity index (χ4v) is 6.06. The van der Waals surface area contributed by atoms with Crippen LogP contribution in [0.2, 0.25) is 0 Å². The molecule has 2 unspecified atom stereocenters. The summed E-state index contributed by atoms with van der Waals surface area (Å²) in [5.41, 5.74) is 2.42. The largest absolute Gasteiger partial charge is 0.298 e. The second-order valence-corrected chi connectivity index (χ2v) is 7.94. The zero-order chi connectivity index (χ0) is 14.7. The summed E-state index contributed by atoms with van der Waals surface area (Å²) in [6.07, 6.45) is 0. The first kappa shape index (κ1) is 16.4. The second-order valence-electron chi connectivity index (χ2n) is 4.75. The normalized spacial score (nSPS) is 14.2. The molecule has 2 aromatic rings. The number of ketones is 1. The van der Waals surface area contributed by atoms with Gasteiger partial charge in [-0.1, -0.05) is 31.9 Å². The average molecular weight is 436 g/mol. The van der Waals surface area contributed by atoms with E-state index >= 15 is 0 Å². The van der Waals surface area contributed by atoms with Crippen LogP contribution in [-0.2, 0) is 4.79 Å². The Morgan fingerprint density at radius 2 is 1.40 bits per heavy atom. The van der Waals surface area contributed by atoms with Gasteiger partial charge in [-0.15, -0.1) is 22.7 Å². The van der Waals surface area contributed by atoms with E-state index in [1.165, 1.54) is 20.9 Å². The van der Waals surface area contributed by atoms with Gasteiger partial charge in [-0.25, -0.2) is 0 Å². The van der Waals surface area contributed by atoms with Crippen LogP contribution in [0, 0.1) is 13.8 Å². The molecule has 0 spiro atoms. The molecule has 1 nitrogen and oxygen atoms in total. The molecule has 2 heterocycles. The number of rotatable bonds is 6. The van der Waals surface area contributed by atoms with E-state index in [1.54, 1.807) is 22.7 Å². The predicted octanol–water partition coefficient (Wildman–Crippen LogP) is 5.65. The van der Waals surface area contributed by atoms with Crippen molar-refractivity contribution in [3.8, 4) is 0 Å². The Morgan fingerprint density at radius 1 is 1.00 bits per heavy atom. The lowest BCUT2D eigenvalue weighted by molar-refractivity contribution is -0.120. The number of hydrogen-bond acceptors (Lipinski definition) is 3. The number of carbonyl (C=O) groups excluding carboxylic acids is 1. The Kier molecular flexibility index (Phi) is 6.02. The quantitative estimate of drug-likeness (QED) is 0.535. The highest BCUT2D eigenvalue weighted by Gasteiger charge is 2.31. The maximum atomic E-state index is 13.0. The van der Waals surface area contributed by atoms with E-state index in [1.807, 2.05) is 0 Å². The van der Waals surface area contributed by atoms with Crippen LogP contribution in [0.4, 0.5) is 0 Å². The molecular weight excluding hydrogens is 420 g/mol. The van der Waals surface area contributed by atoms with E-state index < -0.39 is 0 Å². The van der Waals surface area contributed by atoms with Gasteiger partial charge in [0.1, 0.15) is 0 Å². The van der Waals surface area contributed by atoms with Crippen LogP contribution in [0.5, 0.6) is 0 Å². The highest BCUT2D eigenvalue weighted by atomic mass is 79.9. The Balaban J connectivity index is 2.32. The molecule has 2 atom stereocenters. The number of halogens is 2. The van der Waals surface area contributed by atoms with Gasteiger partial charge in [0.15, 0.2) is 5.78 Å². The minimum atomic E-state index is -0.0564. The van der Waals surface area contributed by atoms with E-state index in [2.05, 4.69) is 68.6 Å². The molecule has 0 saturated carbocycles. The van der Waals surface area contributed by atoms with Gasteiger partial charge in [-0.05, 0) is 47.9 Å². The molecule has 20 heavy (non-hydrogen) atoms. The predicted molar refractivity (Wildman–Crippen MR) is 96.2 cm³/mol. The number of hydrogen-bond donors (Lipinski definition) is 0.